The van der Waals surface area contributed by atoms with Crippen LogP contribution < -0.4 is 10.0 Å². The molecule has 118 valence electrons. The Kier molecular flexibility index (Phi) is 5.47. The summed E-state index contributed by atoms with van der Waals surface area (Å²) in [5.74, 6) is -0.281. The lowest BCUT2D eigenvalue weighted by atomic mass is 10.4. The molecule has 0 saturated heterocycles. The summed E-state index contributed by atoms with van der Waals surface area (Å²) >= 11 is 11.7. The molecule has 9 heteroatoms. The zero-order chi connectivity index (χ0) is 16.2. The van der Waals surface area contributed by atoms with E-state index in [2.05, 4.69) is 10.0 Å². The van der Waals surface area contributed by atoms with Gasteiger partial charge in [0.15, 0.2) is 5.76 Å². The van der Waals surface area contributed by atoms with Gasteiger partial charge >= 0.3 is 0 Å². The van der Waals surface area contributed by atoms with E-state index in [1.165, 1.54) is 24.5 Å². The third-order valence-corrected chi connectivity index (χ3v) is 5.05. The van der Waals surface area contributed by atoms with Crippen LogP contribution in [-0.2, 0) is 10.0 Å². The fourth-order valence-corrected chi connectivity index (χ4v) is 3.84. The average Bonchev–Trinajstić information content (AvgIpc) is 2.97. The first-order valence-electron chi connectivity index (χ1n) is 6.17. The van der Waals surface area contributed by atoms with Gasteiger partial charge in [0.25, 0.3) is 5.91 Å². The first-order valence-corrected chi connectivity index (χ1v) is 8.41. The van der Waals surface area contributed by atoms with Crippen molar-refractivity contribution in [2.45, 2.75) is 4.90 Å². The van der Waals surface area contributed by atoms with E-state index in [1.807, 2.05) is 0 Å². The van der Waals surface area contributed by atoms with Gasteiger partial charge in [0, 0.05) is 13.1 Å². The molecule has 0 aliphatic carbocycles. The van der Waals surface area contributed by atoms with Crippen LogP contribution in [0.5, 0.6) is 0 Å². The van der Waals surface area contributed by atoms with Crippen molar-refractivity contribution < 1.29 is 17.6 Å². The molecule has 2 rings (SSSR count). The Morgan fingerprint density at radius 2 is 1.77 bits per heavy atom. The molecule has 1 aromatic heterocycles. The molecule has 0 unspecified atom stereocenters. The maximum Gasteiger partial charge on any atom is 0.287 e. The number of carbonyl (C=O) groups is 1. The molecule has 0 saturated carbocycles. The molecular weight excluding hydrogens is 351 g/mol. The Morgan fingerprint density at radius 1 is 1.09 bits per heavy atom. The molecule has 0 fully saturated rings. The van der Waals surface area contributed by atoms with E-state index in [0.717, 1.165) is 0 Å². The zero-order valence-electron chi connectivity index (χ0n) is 11.2. The SMILES string of the molecule is O=C(NCCNS(=O)(=O)c1c(Cl)cccc1Cl)c1ccco1. The Morgan fingerprint density at radius 3 is 2.36 bits per heavy atom. The van der Waals surface area contributed by atoms with Crippen molar-refractivity contribution in [1.82, 2.24) is 10.0 Å². The molecule has 1 heterocycles. The highest BCUT2D eigenvalue weighted by Crippen LogP contribution is 2.28. The van der Waals surface area contributed by atoms with E-state index >= 15 is 0 Å². The summed E-state index contributed by atoms with van der Waals surface area (Å²) in [4.78, 5) is 11.4. The van der Waals surface area contributed by atoms with Crippen LogP contribution in [0, 0.1) is 0 Å². The van der Waals surface area contributed by atoms with Crippen LogP contribution in [0.4, 0.5) is 0 Å². The summed E-state index contributed by atoms with van der Waals surface area (Å²) in [5.41, 5.74) is 0. The fraction of sp³-hybridized carbons (Fsp3) is 0.154. The van der Waals surface area contributed by atoms with Crippen LogP contribution in [0.2, 0.25) is 10.0 Å². The topological polar surface area (TPSA) is 88.4 Å². The third-order valence-electron chi connectivity index (χ3n) is 2.64. The second kappa shape index (κ2) is 7.15. The summed E-state index contributed by atoms with van der Waals surface area (Å²) in [6.07, 6.45) is 1.37. The summed E-state index contributed by atoms with van der Waals surface area (Å²) in [6, 6.07) is 7.49. The van der Waals surface area contributed by atoms with E-state index < -0.39 is 15.9 Å². The summed E-state index contributed by atoms with van der Waals surface area (Å²) < 4.78 is 31.5. The number of halogens is 2. The van der Waals surface area contributed by atoms with Crippen LogP contribution in [-0.4, -0.2) is 27.4 Å². The maximum atomic E-state index is 12.1. The van der Waals surface area contributed by atoms with Crippen LogP contribution in [0.3, 0.4) is 0 Å². The quantitative estimate of drug-likeness (QED) is 0.771. The van der Waals surface area contributed by atoms with E-state index in [9.17, 15) is 13.2 Å². The molecule has 0 bridgehead atoms. The number of nitrogens with one attached hydrogen (secondary N) is 2. The first kappa shape index (κ1) is 16.8. The van der Waals surface area contributed by atoms with Crippen molar-refractivity contribution in [3.05, 3.63) is 52.4 Å². The molecule has 22 heavy (non-hydrogen) atoms. The molecule has 0 radical (unpaired) electrons. The number of rotatable bonds is 6. The second-order valence-electron chi connectivity index (χ2n) is 4.18. The van der Waals surface area contributed by atoms with Crippen LogP contribution in [0.15, 0.2) is 45.9 Å². The average molecular weight is 363 g/mol. The monoisotopic (exact) mass is 362 g/mol. The molecule has 0 spiro atoms. The van der Waals surface area contributed by atoms with Crippen molar-refractivity contribution in [1.29, 1.82) is 0 Å². The Hall–Kier alpha value is -1.54. The van der Waals surface area contributed by atoms with Crippen molar-refractivity contribution in [2.75, 3.05) is 13.1 Å². The van der Waals surface area contributed by atoms with Gasteiger partial charge in [-0.25, -0.2) is 13.1 Å². The number of amides is 1. The minimum atomic E-state index is -3.86. The minimum absolute atomic E-state index is 0.0175. The Bertz CT molecular complexity index is 740. The van der Waals surface area contributed by atoms with Gasteiger partial charge in [-0.1, -0.05) is 29.3 Å². The lowest BCUT2D eigenvalue weighted by Crippen LogP contribution is -2.34. The summed E-state index contributed by atoms with van der Waals surface area (Å²) in [5, 5.41) is 2.57. The minimum Gasteiger partial charge on any atom is -0.459 e. The Balaban J connectivity index is 1.92. The van der Waals surface area contributed by atoms with Gasteiger partial charge in [-0.15, -0.1) is 0 Å². The molecular formula is C13H12Cl2N2O4S. The van der Waals surface area contributed by atoms with E-state index in [0.29, 0.717) is 0 Å². The van der Waals surface area contributed by atoms with Crippen molar-refractivity contribution in [2.24, 2.45) is 0 Å². The molecule has 6 nitrogen and oxygen atoms in total. The largest absolute Gasteiger partial charge is 0.459 e. The normalized spacial score (nSPS) is 11.4. The van der Waals surface area contributed by atoms with Crippen LogP contribution in [0.25, 0.3) is 0 Å². The number of carbonyl (C=O) groups excluding carboxylic acids is 1. The van der Waals surface area contributed by atoms with E-state index in [4.69, 9.17) is 27.6 Å². The number of furan rings is 1. The highest BCUT2D eigenvalue weighted by Gasteiger charge is 2.21. The molecule has 0 aliphatic rings. The number of hydrogen-bond acceptors (Lipinski definition) is 4. The maximum absolute atomic E-state index is 12.1. The molecule has 2 N–H and O–H groups in total. The smallest absolute Gasteiger partial charge is 0.287 e. The van der Waals surface area contributed by atoms with Gasteiger partial charge in [0.2, 0.25) is 10.0 Å². The molecule has 0 aliphatic heterocycles. The fourth-order valence-electron chi connectivity index (χ4n) is 1.67. The van der Waals surface area contributed by atoms with Gasteiger partial charge in [0.05, 0.1) is 16.3 Å². The standard InChI is InChI=1S/C13H12Cl2N2O4S/c14-9-3-1-4-10(15)12(9)22(19,20)17-7-6-16-13(18)11-5-2-8-21-11/h1-5,8,17H,6-7H2,(H,16,18). The Labute approximate surface area is 137 Å². The lowest BCUT2D eigenvalue weighted by Gasteiger charge is -2.10. The highest BCUT2D eigenvalue weighted by atomic mass is 35.5. The predicted octanol–water partition coefficient (Wildman–Crippen LogP) is 2.29. The third kappa shape index (κ3) is 4.01. The van der Waals surface area contributed by atoms with E-state index in [-0.39, 0.29) is 33.8 Å². The first-order chi connectivity index (χ1) is 10.4. The lowest BCUT2D eigenvalue weighted by molar-refractivity contribution is 0.0926. The van der Waals surface area contributed by atoms with Gasteiger partial charge < -0.3 is 9.73 Å². The van der Waals surface area contributed by atoms with Gasteiger partial charge in [-0.2, -0.15) is 0 Å². The van der Waals surface area contributed by atoms with Gasteiger partial charge in [-0.3, -0.25) is 4.79 Å². The van der Waals surface area contributed by atoms with E-state index in [1.54, 1.807) is 12.1 Å². The van der Waals surface area contributed by atoms with Gasteiger partial charge in [-0.05, 0) is 24.3 Å². The molecule has 2 aromatic rings. The number of hydrogen-bond donors (Lipinski definition) is 2. The zero-order valence-corrected chi connectivity index (χ0v) is 13.5. The summed E-state index contributed by atoms with van der Waals surface area (Å²) in [6.45, 7) is 0.0666. The second-order valence-corrected chi connectivity index (χ2v) is 6.70. The van der Waals surface area contributed by atoms with Crippen LogP contribution in [0.1, 0.15) is 10.6 Å². The highest BCUT2D eigenvalue weighted by molar-refractivity contribution is 7.89. The van der Waals surface area contributed by atoms with Crippen molar-refractivity contribution in [3.63, 3.8) is 0 Å². The molecule has 0 atom stereocenters. The molecule has 1 amide bonds. The van der Waals surface area contributed by atoms with Crippen LogP contribution >= 0.6 is 23.2 Å². The molecule has 1 aromatic carbocycles. The van der Waals surface area contributed by atoms with Crippen molar-refractivity contribution >= 4 is 39.1 Å². The summed E-state index contributed by atoms with van der Waals surface area (Å²) in [7, 11) is -3.86. The number of benzene rings is 1. The number of sulfonamides is 1. The predicted molar refractivity (Wildman–Crippen MR) is 82.7 cm³/mol. The van der Waals surface area contributed by atoms with Gasteiger partial charge in [0.1, 0.15) is 4.90 Å². The van der Waals surface area contributed by atoms with Crippen molar-refractivity contribution in [3.8, 4) is 0 Å².